The van der Waals surface area contributed by atoms with E-state index in [2.05, 4.69) is 42.2 Å². The molecule has 0 radical (unpaired) electrons. The number of rotatable bonds is 3. The largest absolute Gasteiger partial charge is 0.298 e. The number of anilines is 1. The Labute approximate surface area is 152 Å². The molecule has 3 aromatic rings. The number of nitrogens with one attached hydrogen (secondary N) is 1. The van der Waals surface area contributed by atoms with E-state index in [1.54, 1.807) is 0 Å². The molecule has 1 aromatic heterocycles. The number of carbonyl (C=O) groups excluding carboxylic acids is 1. The number of halogens is 3. The minimum atomic E-state index is -0.403. The van der Waals surface area contributed by atoms with Crippen LogP contribution in [0.5, 0.6) is 0 Å². The molecule has 7 heteroatoms. The standard InChI is InChI=1S/C16H9Br2FN2OS/c17-10-3-1-9(2-4-10)14-8-23-16(20-14)21-15(22)12-6-5-11(19)7-13(12)18/h1-8H,(H,20,21,22). The average molecular weight is 456 g/mol. The summed E-state index contributed by atoms with van der Waals surface area (Å²) in [5, 5.41) is 5.09. The zero-order valence-corrected chi connectivity index (χ0v) is 15.5. The highest BCUT2D eigenvalue weighted by atomic mass is 79.9. The van der Waals surface area contributed by atoms with Crippen molar-refractivity contribution in [2.24, 2.45) is 0 Å². The van der Waals surface area contributed by atoms with Crippen molar-refractivity contribution in [3.05, 3.63) is 68.2 Å². The molecule has 0 spiro atoms. The number of nitrogens with zero attached hydrogens (tertiary/aromatic N) is 1. The van der Waals surface area contributed by atoms with E-state index in [0.717, 1.165) is 15.7 Å². The Kier molecular flexibility index (Phi) is 4.89. The van der Waals surface area contributed by atoms with Crippen LogP contribution in [-0.2, 0) is 0 Å². The summed E-state index contributed by atoms with van der Waals surface area (Å²) < 4.78 is 14.5. The second kappa shape index (κ2) is 6.90. The predicted molar refractivity (Wildman–Crippen MR) is 97.3 cm³/mol. The number of carbonyl (C=O) groups is 1. The number of amides is 1. The van der Waals surface area contributed by atoms with E-state index in [1.807, 2.05) is 29.6 Å². The second-order valence-electron chi connectivity index (χ2n) is 4.62. The van der Waals surface area contributed by atoms with Gasteiger partial charge >= 0.3 is 0 Å². The molecule has 1 heterocycles. The molecule has 1 N–H and O–H groups in total. The average Bonchev–Trinajstić information content (AvgIpc) is 2.96. The molecule has 0 bridgehead atoms. The fourth-order valence-electron chi connectivity index (χ4n) is 1.92. The molecule has 0 unspecified atom stereocenters. The van der Waals surface area contributed by atoms with E-state index in [1.165, 1.54) is 29.5 Å². The van der Waals surface area contributed by atoms with Crippen molar-refractivity contribution < 1.29 is 9.18 Å². The first-order valence-corrected chi connectivity index (χ1v) is 8.97. The first-order valence-electron chi connectivity index (χ1n) is 6.51. The van der Waals surface area contributed by atoms with Crippen LogP contribution in [0.2, 0.25) is 0 Å². The predicted octanol–water partition coefficient (Wildman–Crippen LogP) is 5.73. The Morgan fingerprint density at radius 3 is 2.57 bits per heavy atom. The lowest BCUT2D eigenvalue weighted by Crippen LogP contribution is -2.12. The summed E-state index contributed by atoms with van der Waals surface area (Å²) in [6.45, 7) is 0. The quantitative estimate of drug-likeness (QED) is 0.548. The molecule has 2 aromatic carbocycles. The molecule has 0 fully saturated rings. The highest BCUT2D eigenvalue weighted by Crippen LogP contribution is 2.27. The number of benzene rings is 2. The highest BCUT2D eigenvalue weighted by molar-refractivity contribution is 9.10. The van der Waals surface area contributed by atoms with E-state index in [0.29, 0.717) is 15.2 Å². The molecule has 23 heavy (non-hydrogen) atoms. The molecule has 0 aliphatic heterocycles. The fraction of sp³-hybridized carbons (Fsp3) is 0. The van der Waals surface area contributed by atoms with Crippen LogP contribution in [0, 0.1) is 5.82 Å². The summed E-state index contributed by atoms with van der Waals surface area (Å²) in [4.78, 5) is 16.6. The fourth-order valence-corrected chi connectivity index (χ4v) is 3.43. The molecular weight excluding hydrogens is 447 g/mol. The molecule has 1 amide bonds. The lowest BCUT2D eigenvalue weighted by Gasteiger charge is -2.04. The van der Waals surface area contributed by atoms with Crippen LogP contribution in [0.1, 0.15) is 10.4 Å². The normalized spacial score (nSPS) is 10.6. The van der Waals surface area contributed by atoms with E-state index in [4.69, 9.17) is 0 Å². The van der Waals surface area contributed by atoms with Crippen LogP contribution in [0.3, 0.4) is 0 Å². The number of thiazole rings is 1. The number of hydrogen-bond donors (Lipinski definition) is 1. The van der Waals surface area contributed by atoms with Gasteiger partial charge < -0.3 is 0 Å². The maximum Gasteiger partial charge on any atom is 0.258 e. The summed E-state index contributed by atoms with van der Waals surface area (Å²) in [6.07, 6.45) is 0. The lowest BCUT2D eigenvalue weighted by molar-refractivity contribution is 0.102. The monoisotopic (exact) mass is 454 g/mol. The van der Waals surface area contributed by atoms with Crippen LogP contribution in [0.25, 0.3) is 11.3 Å². The molecule has 0 saturated carbocycles. The Balaban J connectivity index is 1.78. The second-order valence-corrected chi connectivity index (χ2v) is 7.25. The third-order valence-electron chi connectivity index (χ3n) is 3.04. The Bertz CT molecular complexity index is 865. The summed E-state index contributed by atoms with van der Waals surface area (Å²) in [5.41, 5.74) is 2.11. The van der Waals surface area contributed by atoms with Crippen LogP contribution >= 0.6 is 43.2 Å². The first-order chi connectivity index (χ1) is 11.0. The molecule has 0 aliphatic rings. The minimum absolute atomic E-state index is 0.339. The maximum atomic E-state index is 13.1. The van der Waals surface area contributed by atoms with Crippen LogP contribution < -0.4 is 5.32 Å². The highest BCUT2D eigenvalue weighted by Gasteiger charge is 2.13. The van der Waals surface area contributed by atoms with Gasteiger partial charge in [0.1, 0.15) is 5.82 Å². The zero-order chi connectivity index (χ0) is 16.4. The van der Waals surface area contributed by atoms with Crippen molar-refractivity contribution in [3.8, 4) is 11.3 Å². The Morgan fingerprint density at radius 1 is 1.13 bits per heavy atom. The van der Waals surface area contributed by atoms with Gasteiger partial charge in [-0.15, -0.1) is 11.3 Å². The molecule has 0 saturated heterocycles. The zero-order valence-electron chi connectivity index (χ0n) is 11.5. The Morgan fingerprint density at radius 2 is 1.87 bits per heavy atom. The van der Waals surface area contributed by atoms with Crippen molar-refractivity contribution in [1.29, 1.82) is 0 Å². The topological polar surface area (TPSA) is 42.0 Å². The van der Waals surface area contributed by atoms with Gasteiger partial charge in [-0.1, -0.05) is 28.1 Å². The SMILES string of the molecule is O=C(Nc1nc(-c2ccc(Br)cc2)cs1)c1ccc(F)cc1Br. The van der Waals surface area contributed by atoms with Gasteiger partial charge in [0.25, 0.3) is 5.91 Å². The van der Waals surface area contributed by atoms with Crippen molar-refractivity contribution in [2.45, 2.75) is 0 Å². The van der Waals surface area contributed by atoms with Gasteiger partial charge in [0, 0.05) is 19.9 Å². The van der Waals surface area contributed by atoms with Gasteiger partial charge in [-0.05, 0) is 46.3 Å². The van der Waals surface area contributed by atoms with Crippen molar-refractivity contribution >= 4 is 54.2 Å². The van der Waals surface area contributed by atoms with Gasteiger partial charge in [0.15, 0.2) is 5.13 Å². The third-order valence-corrected chi connectivity index (χ3v) is 4.98. The van der Waals surface area contributed by atoms with Crippen LogP contribution in [0.4, 0.5) is 9.52 Å². The van der Waals surface area contributed by atoms with E-state index >= 15 is 0 Å². The van der Waals surface area contributed by atoms with Gasteiger partial charge in [0.2, 0.25) is 0 Å². The van der Waals surface area contributed by atoms with E-state index in [-0.39, 0.29) is 5.91 Å². The van der Waals surface area contributed by atoms with E-state index < -0.39 is 5.82 Å². The van der Waals surface area contributed by atoms with Crippen LogP contribution in [-0.4, -0.2) is 10.9 Å². The van der Waals surface area contributed by atoms with Crippen molar-refractivity contribution in [3.63, 3.8) is 0 Å². The molecule has 3 nitrogen and oxygen atoms in total. The molecule has 3 rings (SSSR count). The molecular formula is C16H9Br2FN2OS. The van der Waals surface area contributed by atoms with Crippen LogP contribution in [0.15, 0.2) is 56.8 Å². The third kappa shape index (κ3) is 3.85. The van der Waals surface area contributed by atoms with Crippen molar-refractivity contribution in [1.82, 2.24) is 4.98 Å². The number of aromatic nitrogens is 1. The van der Waals surface area contributed by atoms with Gasteiger partial charge in [-0.3, -0.25) is 10.1 Å². The molecule has 0 atom stereocenters. The summed E-state index contributed by atoms with van der Waals surface area (Å²) in [5.74, 6) is -0.742. The van der Waals surface area contributed by atoms with Gasteiger partial charge in [-0.25, -0.2) is 9.37 Å². The lowest BCUT2D eigenvalue weighted by atomic mass is 10.2. The van der Waals surface area contributed by atoms with Crippen molar-refractivity contribution in [2.75, 3.05) is 5.32 Å². The smallest absolute Gasteiger partial charge is 0.258 e. The van der Waals surface area contributed by atoms with Gasteiger partial charge in [-0.2, -0.15) is 0 Å². The summed E-state index contributed by atoms with van der Waals surface area (Å²) >= 11 is 7.91. The van der Waals surface area contributed by atoms with Gasteiger partial charge in [0.05, 0.1) is 11.3 Å². The summed E-state index contributed by atoms with van der Waals surface area (Å²) in [7, 11) is 0. The Hall–Kier alpha value is -1.57. The first kappa shape index (κ1) is 16.3. The minimum Gasteiger partial charge on any atom is -0.298 e. The maximum absolute atomic E-state index is 13.1. The van der Waals surface area contributed by atoms with E-state index in [9.17, 15) is 9.18 Å². The number of hydrogen-bond acceptors (Lipinski definition) is 3. The summed E-state index contributed by atoms with van der Waals surface area (Å²) in [6, 6.07) is 11.7. The molecule has 116 valence electrons. The molecule has 0 aliphatic carbocycles.